The molecule has 0 saturated carbocycles. The van der Waals surface area contributed by atoms with Crippen LogP contribution in [0.25, 0.3) is 0 Å². The van der Waals surface area contributed by atoms with E-state index in [1.807, 2.05) is 0 Å². The van der Waals surface area contributed by atoms with Crippen molar-refractivity contribution in [3.63, 3.8) is 0 Å². The Balaban J connectivity index is 2.48. The van der Waals surface area contributed by atoms with Gasteiger partial charge in [0, 0.05) is 23.2 Å². The fourth-order valence-corrected chi connectivity index (χ4v) is 2.22. The zero-order valence-electron chi connectivity index (χ0n) is 12.8. The molecule has 0 saturated heterocycles. The topological polar surface area (TPSA) is 52.6 Å². The Bertz CT molecular complexity index is 597. The normalized spacial score (nSPS) is 11.0. The molecular weight excluding hydrogens is 363 g/mol. The van der Waals surface area contributed by atoms with Crippen molar-refractivity contribution >= 4 is 46.7 Å². The summed E-state index contributed by atoms with van der Waals surface area (Å²) < 4.78 is 9.93. The molecule has 0 spiro atoms. The van der Waals surface area contributed by atoms with Gasteiger partial charge in [0.05, 0.1) is 11.6 Å². The molecule has 0 fully saturated rings. The van der Waals surface area contributed by atoms with Crippen LogP contribution in [0, 0.1) is 5.92 Å². The number of carbonyl (C=O) groups is 2. The van der Waals surface area contributed by atoms with Crippen molar-refractivity contribution in [1.82, 2.24) is 0 Å². The Morgan fingerprint density at radius 3 is 2.43 bits per heavy atom. The van der Waals surface area contributed by atoms with Crippen molar-refractivity contribution in [1.29, 1.82) is 0 Å². The van der Waals surface area contributed by atoms with E-state index in [0.29, 0.717) is 12.5 Å². The average Bonchev–Trinajstić information content (AvgIpc) is 2.46. The molecule has 0 bridgehead atoms. The van der Waals surface area contributed by atoms with Crippen molar-refractivity contribution in [3.8, 4) is 5.75 Å². The molecule has 0 radical (unpaired) electrons. The zero-order chi connectivity index (χ0) is 17.4. The molecule has 0 N–H and O–H groups in total. The number of carbonyl (C=O) groups excluding carboxylic acids is 2. The summed E-state index contributed by atoms with van der Waals surface area (Å²) in [5.41, 5.74) is 0. The summed E-state index contributed by atoms with van der Waals surface area (Å²) in [7, 11) is 0. The molecule has 7 heteroatoms. The summed E-state index contributed by atoms with van der Waals surface area (Å²) in [6.45, 7) is 4.49. The van der Waals surface area contributed by atoms with Crippen LogP contribution in [-0.4, -0.2) is 18.5 Å². The number of hydrogen-bond acceptors (Lipinski definition) is 4. The van der Waals surface area contributed by atoms with Gasteiger partial charge in [-0.1, -0.05) is 48.7 Å². The summed E-state index contributed by atoms with van der Waals surface area (Å²) in [5, 5.41) is 0.500. The molecule has 0 aliphatic carbocycles. The van der Waals surface area contributed by atoms with E-state index in [0.717, 1.165) is 25.0 Å². The largest absolute Gasteiger partial charge is 0.463 e. The molecule has 0 amide bonds. The van der Waals surface area contributed by atoms with Crippen molar-refractivity contribution in [2.24, 2.45) is 5.92 Å². The van der Waals surface area contributed by atoms with Crippen LogP contribution >= 0.6 is 34.8 Å². The Kier molecular flexibility index (Phi) is 8.45. The highest BCUT2D eigenvalue weighted by molar-refractivity contribution is 6.44. The minimum Gasteiger partial charge on any atom is -0.463 e. The maximum atomic E-state index is 11.6. The van der Waals surface area contributed by atoms with Crippen molar-refractivity contribution < 1.29 is 19.1 Å². The van der Waals surface area contributed by atoms with Gasteiger partial charge in [0.2, 0.25) is 0 Å². The molecule has 4 nitrogen and oxygen atoms in total. The molecular formula is C16H17Cl3O4. The minimum absolute atomic E-state index is 0.0177. The van der Waals surface area contributed by atoms with Crippen LogP contribution in [0.4, 0.5) is 0 Å². The number of esters is 2. The second-order valence-electron chi connectivity index (χ2n) is 5.16. The summed E-state index contributed by atoms with van der Waals surface area (Å²) >= 11 is 17.5. The first-order chi connectivity index (χ1) is 10.8. The Hall–Kier alpha value is -1.23. The molecule has 126 valence electrons. The SMILES string of the molecule is CC(C)CCCOC(=O)/C=C/C(=O)Oc1cc(Cl)cc(Cl)c1Cl. The third-order valence-electron chi connectivity index (χ3n) is 2.70. The Morgan fingerprint density at radius 2 is 1.78 bits per heavy atom. The molecule has 0 heterocycles. The van der Waals surface area contributed by atoms with E-state index in [4.69, 9.17) is 44.3 Å². The van der Waals surface area contributed by atoms with Crippen molar-refractivity contribution in [2.45, 2.75) is 26.7 Å². The minimum atomic E-state index is -0.788. The summed E-state index contributed by atoms with van der Waals surface area (Å²) in [6, 6.07) is 2.78. The highest BCUT2D eigenvalue weighted by Crippen LogP contribution is 2.35. The maximum Gasteiger partial charge on any atom is 0.336 e. The second-order valence-corrected chi connectivity index (χ2v) is 6.38. The fraction of sp³-hybridized carbons (Fsp3) is 0.375. The van der Waals surface area contributed by atoms with Gasteiger partial charge < -0.3 is 9.47 Å². The Morgan fingerprint density at radius 1 is 1.13 bits per heavy atom. The van der Waals surface area contributed by atoms with E-state index >= 15 is 0 Å². The highest BCUT2D eigenvalue weighted by atomic mass is 35.5. The highest BCUT2D eigenvalue weighted by Gasteiger charge is 2.11. The van der Waals surface area contributed by atoms with Crippen LogP contribution in [0.5, 0.6) is 5.75 Å². The van der Waals surface area contributed by atoms with Gasteiger partial charge in [0.25, 0.3) is 0 Å². The molecule has 1 aromatic carbocycles. The lowest BCUT2D eigenvalue weighted by Crippen LogP contribution is -2.08. The monoisotopic (exact) mass is 378 g/mol. The van der Waals surface area contributed by atoms with Gasteiger partial charge >= 0.3 is 11.9 Å². The molecule has 0 atom stereocenters. The van der Waals surface area contributed by atoms with E-state index in [2.05, 4.69) is 13.8 Å². The lowest BCUT2D eigenvalue weighted by Gasteiger charge is -2.06. The second kappa shape index (κ2) is 9.81. The summed E-state index contributed by atoms with van der Waals surface area (Å²) in [5.74, 6) is -0.831. The molecule has 1 aromatic rings. The van der Waals surface area contributed by atoms with E-state index in [-0.39, 0.29) is 20.8 Å². The zero-order valence-corrected chi connectivity index (χ0v) is 15.0. The lowest BCUT2D eigenvalue weighted by atomic mass is 10.1. The first-order valence-corrected chi connectivity index (χ1v) is 8.14. The molecule has 1 rings (SSSR count). The lowest BCUT2D eigenvalue weighted by molar-refractivity contribution is -0.138. The van der Waals surface area contributed by atoms with E-state index in [9.17, 15) is 9.59 Å². The Labute approximate surface area is 150 Å². The van der Waals surface area contributed by atoms with Crippen molar-refractivity contribution in [2.75, 3.05) is 6.61 Å². The van der Waals surface area contributed by atoms with Gasteiger partial charge in [-0.15, -0.1) is 0 Å². The quantitative estimate of drug-likeness (QED) is 0.218. The summed E-state index contributed by atoms with van der Waals surface area (Å²) in [4.78, 5) is 23.1. The molecule has 0 aliphatic rings. The fourth-order valence-electron chi connectivity index (χ4n) is 1.60. The standard InChI is InChI=1S/C16H17Cl3O4/c1-10(2)4-3-7-22-14(20)5-6-15(21)23-13-9-11(17)8-12(18)16(13)19/h5-6,8-10H,3-4,7H2,1-2H3/b6-5+. The molecule has 23 heavy (non-hydrogen) atoms. The van der Waals surface area contributed by atoms with Crippen LogP contribution in [0.2, 0.25) is 15.1 Å². The van der Waals surface area contributed by atoms with E-state index in [1.54, 1.807) is 0 Å². The van der Waals surface area contributed by atoms with E-state index in [1.165, 1.54) is 12.1 Å². The summed E-state index contributed by atoms with van der Waals surface area (Å²) in [6.07, 6.45) is 3.69. The van der Waals surface area contributed by atoms with Gasteiger partial charge in [0.1, 0.15) is 5.02 Å². The number of ether oxygens (including phenoxy) is 2. The maximum absolute atomic E-state index is 11.6. The van der Waals surface area contributed by atoms with Gasteiger partial charge in [-0.05, 0) is 24.8 Å². The van der Waals surface area contributed by atoms with Gasteiger partial charge in [0.15, 0.2) is 5.75 Å². The van der Waals surface area contributed by atoms with Crippen LogP contribution < -0.4 is 4.74 Å². The van der Waals surface area contributed by atoms with Gasteiger partial charge in [-0.25, -0.2) is 9.59 Å². The molecule has 0 unspecified atom stereocenters. The third kappa shape index (κ3) is 7.73. The van der Waals surface area contributed by atoms with Crippen LogP contribution in [-0.2, 0) is 14.3 Å². The molecule has 0 aromatic heterocycles. The molecule has 0 aliphatic heterocycles. The third-order valence-corrected chi connectivity index (χ3v) is 3.70. The first-order valence-electron chi connectivity index (χ1n) is 7.00. The van der Waals surface area contributed by atoms with Crippen molar-refractivity contribution in [3.05, 3.63) is 39.4 Å². The smallest absolute Gasteiger partial charge is 0.336 e. The predicted octanol–water partition coefficient (Wildman–Crippen LogP) is 5.09. The van der Waals surface area contributed by atoms with Crippen LogP contribution in [0.3, 0.4) is 0 Å². The number of hydrogen-bond donors (Lipinski definition) is 0. The number of halogens is 3. The number of rotatable bonds is 7. The predicted molar refractivity (Wildman–Crippen MR) is 91.3 cm³/mol. The first kappa shape index (κ1) is 19.8. The average molecular weight is 380 g/mol. The van der Waals surface area contributed by atoms with Crippen LogP contribution in [0.1, 0.15) is 26.7 Å². The van der Waals surface area contributed by atoms with Gasteiger partial charge in [-0.3, -0.25) is 0 Å². The number of benzene rings is 1. The van der Waals surface area contributed by atoms with Gasteiger partial charge in [-0.2, -0.15) is 0 Å². The van der Waals surface area contributed by atoms with Crippen LogP contribution in [0.15, 0.2) is 24.3 Å². The van der Waals surface area contributed by atoms with E-state index < -0.39 is 11.9 Å².